The summed E-state index contributed by atoms with van der Waals surface area (Å²) in [5.41, 5.74) is 6.59. The Kier molecular flexibility index (Phi) is 1.84. The minimum atomic E-state index is 1.03. The van der Waals surface area contributed by atoms with Crippen LogP contribution in [0.1, 0.15) is 18.1 Å². The topological polar surface area (TPSA) is 15.8 Å². The molecular formula is C15H15N. The second kappa shape index (κ2) is 3.11. The van der Waals surface area contributed by atoms with E-state index in [4.69, 9.17) is 0 Å². The molecule has 1 aromatic rings. The van der Waals surface area contributed by atoms with Crippen LogP contribution in [0, 0.1) is 6.92 Å². The Bertz CT molecular complexity index is 675. The van der Waals surface area contributed by atoms with E-state index in [0.717, 1.165) is 11.8 Å². The molecule has 1 aliphatic heterocycles. The van der Waals surface area contributed by atoms with Gasteiger partial charge in [0.25, 0.3) is 0 Å². The van der Waals surface area contributed by atoms with E-state index >= 15 is 0 Å². The molecule has 0 atom stereocenters. The van der Waals surface area contributed by atoms with Gasteiger partial charge in [-0.1, -0.05) is 37.8 Å². The molecule has 0 aromatic heterocycles. The highest BCUT2D eigenvalue weighted by molar-refractivity contribution is 5.99. The molecule has 0 spiro atoms. The summed E-state index contributed by atoms with van der Waals surface area (Å²) in [4.78, 5) is 3.45. The van der Waals surface area contributed by atoms with Crippen LogP contribution in [0.5, 0.6) is 0 Å². The van der Waals surface area contributed by atoms with Gasteiger partial charge in [0.15, 0.2) is 0 Å². The summed E-state index contributed by atoms with van der Waals surface area (Å²) in [5, 5.41) is 2.35. The van der Waals surface area contributed by atoms with Gasteiger partial charge in [0.05, 0.1) is 5.52 Å². The average molecular weight is 209 g/mol. The Labute approximate surface area is 95.1 Å². The molecular weight excluding hydrogens is 194 g/mol. The van der Waals surface area contributed by atoms with E-state index in [-0.39, 0.29) is 0 Å². The first-order valence-corrected chi connectivity index (χ1v) is 5.74. The fraction of sp³-hybridized carbons (Fsp3) is 0.200. The smallest absolute Gasteiger partial charge is 0.0502 e. The van der Waals surface area contributed by atoms with Gasteiger partial charge in [-0.05, 0) is 35.4 Å². The molecule has 1 nitrogen and oxygen atoms in total. The van der Waals surface area contributed by atoms with Gasteiger partial charge in [0, 0.05) is 10.9 Å². The molecule has 0 radical (unpaired) electrons. The first-order chi connectivity index (χ1) is 7.72. The molecule has 1 aromatic carbocycles. The van der Waals surface area contributed by atoms with Crippen molar-refractivity contribution < 1.29 is 0 Å². The number of benzene rings is 1. The second-order valence-electron chi connectivity index (χ2n) is 4.39. The lowest BCUT2D eigenvalue weighted by atomic mass is 9.97. The maximum Gasteiger partial charge on any atom is 0.0502 e. The first-order valence-electron chi connectivity index (χ1n) is 5.74. The van der Waals surface area contributed by atoms with Crippen LogP contribution in [-0.2, 0) is 6.42 Å². The molecule has 1 heterocycles. The highest BCUT2D eigenvalue weighted by Gasteiger charge is 2.15. The van der Waals surface area contributed by atoms with Crippen LogP contribution in [0.3, 0.4) is 0 Å². The van der Waals surface area contributed by atoms with Gasteiger partial charge in [-0.2, -0.15) is 0 Å². The molecule has 1 heteroatoms. The standard InChI is InChI=1S/C15H15N/c1-4-11-5-6-12-7-8-13-9(2)10(3)16-15(11)14(12)13/h5-8,16H,3-4H2,1-2H3. The number of nitrogens with one attached hydrogen (secondary N) is 1. The largest absolute Gasteiger partial charge is 0.355 e. The molecule has 0 unspecified atom stereocenters. The third kappa shape index (κ3) is 1.06. The lowest BCUT2D eigenvalue weighted by molar-refractivity contribution is 1.13. The highest BCUT2D eigenvalue weighted by Crippen LogP contribution is 2.35. The number of aryl methyl sites for hydroxylation is 1. The third-order valence-electron chi connectivity index (χ3n) is 3.54. The number of aromatic amines is 1. The van der Waals surface area contributed by atoms with E-state index in [1.54, 1.807) is 0 Å². The van der Waals surface area contributed by atoms with E-state index < -0.39 is 0 Å². The molecule has 0 saturated carbocycles. The van der Waals surface area contributed by atoms with Crippen LogP contribution in [0.2, 0.25) is 0 Å². The van der Waals surface area contributed by atoms with Gasteiger partial charge in [-0.15, -0.1) is 0 Å². The van der Waals surface area contributed by atoms with Crippen LogP contribution in [0.4, 0.5) is 0 Å². The van der Waals surface area contributed by atoms with Crippen LogP contribution in [-0.4, -0.2) is 4.98 Å². The Balaban J connectivity index is 2.59. The maximum atomic E-state index is 4.09. The number of hydrogen-bond donors (Lipinski definition) is 1. The zero-order valence-corrected chi connectivity index (χ0v) is 9.72. The maximum absolute atomic E-state index is 4.09. The van der Waals surface area contributed by atoms with Crippen molar-refractivity contribution in [3.63, 3.8) is 0 Å². The SMILES string of the molecule is C=c1[nH]c2c(CC)ccc3ccc(c1C)-c32. The summed E-state index contributed by atoms with van der Waals surface area (Å²) in [5.74, 6) is 0. The van der Waals surface area contributed by atoms with Gasteiger partial charge in [-0.25, -0.2) is 0 Å². The Morgan fingerprint density at radius 1 is 1.19 bits per heavy atom. The Hall–Kier alpha value is -1.76. The zero-order chi connectivity index (χ0) is 11.3. The van der Waals surface area contributed by atoms with Crippen LogP contribution >= 0.6 is 0 Å². The highest BCUT2D eigenvalue weighted by atomic mass is 14.7. The summed E-state index contributed by atoms with van der Waals surface area (Å²) in [6.07, 6.45) is 1.05. The van der Waals surface area contributed by atoms with Gasteiger partial charge in [-0.3, -0.25) is 0 Å². The molecule has 1 N–H and O–H groups in total. The van der Waals surface area contributed by atoms with Gasteiger partial charge >= 0.3 is 0 Å². The molecule has 3 rings (SSSR count). The molecule has 0 saturated heterocycles. The van der Waals surface area contributed by atoms with E-state index in [1.807, 2.05) is 0 Å². The molecule has 80 valence electrons. The fourth-order valence-electron chi connectivity index (χ4n) is 2.50. The third-order valence-corrected chi connectivity index (χ3v) is 3.54. The number of rotatable bonds is 1. The molecule has 2 aliphatic rings. The van der Waals surface area contributed by atoms with Crippen molar-refractivity contribution in [3.8, 4) is 11.1 Å². The Morgan fingerprint density at radius 3 is 2.69 bits per heavy atom. The summed E-state index contributed by atoms with van der Waals surface area (Å²) in [6, 6.07) is 8.82. The average Bonchev–Trinajstić information content (AvgIpc) is 2.71. The normalized spacial score (nSPS) is 11.6. The number of hydrogen-bond acceptors (Lipinski definition) is 0. The zero-order valence-electron chi connectivity index (χ0n) is 9.72. The van der Waals surface area contributed by atoms with Crippen LogP contribution in [0.25, 0.3) is 28.6 Å². The molecule has 0 amide bonds. The van der Waals surface area contributed by atoms with Crippen molar-refractivity contribution in [1.29, 1.82) is 0 Å². The van der Waals surface area contributed by atoms with Gasteiger partial charge < -0.3 is 4.98 Å². The monoisotopic (exact) mass is 209 g/mol. The minimum Gasteiger partial charge on any atom is -0.355 e. The lowest BCUT2D eigenvalue weighted by Gasteiger charge is -2.12. The number of H-pyrrole nitrogens is 1. The fourth-order valence-corrected chi connectivity index (χ4v) is 2.50. The summed E-state index contributed by atoms with van der Waals surface area (Å²) >= 11 is 0. The van der Waals surface area contributed by atoms with Crippen molar-refractivity contribution in [2.75, 3.05) is 0 Å². The predicted octanol–water partition coefficient (Wildman–Crippen LogP) is 3.27. The number of pyridine rings is 1. The summed E-state index contributed by atoms with van der Waals surface area (Å²) in [7, 11) is 0. The first kappa shape index (κ1) is 9.46. The quantitative estimate of drug-likeness (QED) is 0.633. The van der Waals surface area contributed by atoms with E-state index in [1.165, 1.54) is 33.2 Å². The number of aromatic nitrogens is 1. The van der Waals surface area contributed by atoms with E-state index in [9.17, 15) is 0 Å². The van der Waals surface area contributed by atoms with Crippen LogP contribution in [0.15, 0.2) is 24.3 Å². The Morgan fingerprint density at radius 2 is 1.94 bits per heavy atom. The van der Waals surface area contributed by atoms with E-state index in [0.29, 0.717) is 0 Å². The minimum absolute atomic E-state index is 1.03. The lowest BCUT2D eigenvalue weighted by Crippen LogP contribution is -2.12. The molecule has 1 aliphatic carbocycles. The van der Waals surface area contributed by atoms with Crippen molar-refractivity contribution in [3.05, 3.63) is 40.7 Å². The second-order valence-corrected chi connectivity index (χ2v) is 4.39. The molecule has 0 fully saturated rings. The predicted molar refractivity (Wildman–Crippen MR) is 69.8 cm³/mol. The van der Waals surface area contributed by atoms with Crippen molar-refractivity contribution >= 4 is 17.5 Å². The molecule has 0 bridgehead atoms. The van der Waals surface area contributed by atoms with Crippen molar-refractivity contribution in [2.24, 2.45) is 0 Å². The van der Waals surface area contributed by atoms with Crippen LogP contribution < -0.4 is 5.35 Å². The summed E-state index contributed by atoms with van der Waals surface area (Å²) in [6.45, 7) is 8.41. The van der Waals surface area contributed by atoms with Crippen molar-refractivity contribution in [1.82, 2.24) is 4.98 Å². The van der Waals surface area contributed by atoms with E-state index in [2.05, 4.69) is 49.7 Å². The van der Waals surface area contributed by atoms with Crippen molar-refractivity contribution in [2.45, 2.75) is 20.3 Å². The summed E-state index contributed by atoms with van der Waals surface area (Å²) < 4.78 is 0. The molecule has 16 heavy (non-hydrogen) atoms. The van der Waals surface area contributed by atoms with Gasteiger partial charge in [0.1, 0.15) is 0 Å². The van der Waals surface area contributed by atoms with Gasteiger partial charge in [0.2, 0.25) is 0 Å².